The van der Waals surface area contributed by atoms with Crippen molar-refractivity contribution in [3.63, 3.8) is 0 Å². The first-order valence-corrected chi connectivity index (χ1v) is 7.16. The van der Waals surface area contributed by atoms with Gasteiger partial charge in [0.15, 0.2) is 5.69 Å². The summed E-state index contributed by atoms with van der Waals surface area (Å²) in [5.74, 6) is -0.124. The quantitative estimate of drug-likeness (QED) is 0.935. The van der Waals surface area contributed by atoms with Crippen molar-refractivity contribution in [2.75, 3.05) is 6.61 Å². The zero-order valence-electron chi connectivity index (χ0n) is 10.9. The normalized spacial score (nSPS) is 13.1. The van der Waals surface area contributed by atoms with E-state index in [4.69, 9.17) is 4.74 Å². The molecule has 3 rings (SSSR count). The van der Waals surface area contributed by atoms with Crippen LogP contribution in [0.5, 0.6) is 5.75 Å². The van der Waals surface area contributed by atoms with Gasteiger partial charge in [-0.25, -0.2) is 4.79 Å². The van der Waals surface area contributed by atoms with Gasteiger partial charge in [0.05, 0.1) is 16.8 Å². The van der Waals surface area contributed by atoms with Gasteiger partial charge in [-0.2, -0.15) is 5.10 Å². The standard InChI is InChI=1S/C14H13BrN2O3/c1-2-17-13(11(15)12(16-17)14(18)19)9-3-4-10-8(7-9)5-6-20-10/h3-4,7H,2,5-6H2,1H3,(H,18,19). The van der Waals surface area contributed by atoms with Crippen molar-refractivity contribution < 1.29 is 14.6 Å². The molecule has 20 heavy (non-hydrogen) atoms. The number of aromatic nitrogens is 2. The van der Waals surface area contributed by atoms with Crippen molar-refractivity contribution in [1.82, 2.24) is 9.78 Å². The lowest BCUT2D eigenvalue weighted by Gasteiger charge is -2.07. The van der Waals surface area contributed by atoms with Crippen molar-refractivity contribution in [3.8, 4) is 17.0 Å². The summed E-state index contributed by atoms with van der Waals surface area (Å²) in [6, 6.07) is 5.91. The van der Waals surface area contributed by atoms with Gasteiger partial charge in [-0.05, 0) is 46.6 Å². The number of nitrogens with zero attached hydrogens (tertiary/aromatic N) is 2. The van der Waals surface area contributed by atoms with Crippen LogP contribution in [-0.2, 0) is 13.0 Å². The molecule has 1 N–H and O–H groups in total. The smallest absolute Gasteiger partial charge is 0.357 e. The predicted octanol–water partition coefficient (Wildman–Crippen LogP) is 2.97. The highest BCUT2D eigenvalue weighted by Crippen LogP contribution is 2.35. The molecule has 2 heterocycles. The Morgan fingerprint density at radius 2 is 2.35 bits per heavy atom. The van der Waals surface area contributed by atoms with Crippen molar-refractivity contribution in [3.05, 3.63) is 33.9 Å². The summed E-state index contributed by atoms with van der Waals surface area (Å²) >= 11 is 3.37. The second kappa shape index (κ2) is 4.94. The summed E-state index contributed by atoms with van der Waals surface area (Å²) in [4.78, 5) is 11.2. The second-order valence-electron chi connectivity index (χ2n) is 4.55. The molecule has 1 aromatic heterocycles. The number of carboxylic acid groups (broad SMARTS) is 1. The number of aryl methyl sites for hydroxylation is 1. The van der Waals surface area contributed by atoms with Crippen LogP contribution in [0.2, 0.25) is 0 Å². The molecule has 0 amide bonds. The molecule has 1 aliphatic heterocycles. The predicted molar refractivity (Wildman–Crippen MR) is 77.2 cm³/mol. The van der Waals surface area contributed by atoms with E-state index in [-0.39, 0.29) is 5.69 Å². The zero-order chi connectivity index (χ0) is 14.3. The first kappa shape index (κ1) is 13.2. The Balaban J connectivity index is 2.16. The van der Waals surface area contributed by atoms with Crippen LogP contribution in [-0.4, -0.2) is 27.5 Å². The van der Waals surface area contributed by atoms with E-state index in [1.54, 1.807) is 4.68 Å². The average Bonchev–Trinajstić information content (AvgIpc) is 3.01. The highest BCUT2D eigenvalue weighted by molar-refractivity contribution is 9.10. The third-order valence-electron chi connectivity index (χ3n) is 3.36. The number of benzene rings is 1. The molecule has 6 heteroatoms. The molecule has 0 saturated heterocycles. The zero-order valence-corrected chi connectivity index (χ0v) is 12.5. The summed E-state index contributed by atoms with van der Waals surface area (Å²) in [5, 5.41) is 13.3. The molecule has 5 nitrogen and oxygen atoms in total. The summed E-state index contributed by atoms with van der Waals surface area (Å²) in [6.07, 6.45) is 0.882. The van der Waals surface area contributed by atoms with Gasteiger partial charge in [0.25, 0.3) is 0 Å². The molecule has 1 aromatic carbocycles. The van der Waals surface area contributed by atoms with Gasteiger partial charge < -0.3 is 9.84 Å². The minimum atomic E-state index is -1.03. The van der Waals surface area contributed by atoms with Crippen LogP contribution in [0.25, 0.3) is 11.3 Å². The Bertz CT molecular complexity index is 694. The summed E-state index contributed by atoms with van der Waals surface area (Å²) < 4.78 is 7.71. The third-order valence-corrected chi connectivity index (χ3v) is 4.11. The lowest BCUT2D eigenvalue weighted by molar-refractivity contribution is 0.0688. The van der Waals surface area contributed by atoms with Crippen LogP contribution in [0.15, 0.2) is 22.7 Å². The van der Waals surface area contributed by atoms with Gasteiger partial charge in [0, 0.05) is 18.5 Å². The van der Waals surface area contributed by atoms with Crippen LogP contribution in [0, 0.1) is 0 Å². The van der Waals surface area contributed by atoms with E-state index in [0.717, 1.165) is 29.0 Å². The van der Waals surface area contributed by atoms with Crippen molar-refractivity contribution in [2.24, 2.45) is 0 Å². The largest absolute Gasteiger partial charge is 0.493 e. The Morgan fingerprint density at radius 3 is 3.05 bits per heavy atom. The van der Waals surface area contributed by atoms with Gasteiger partial charge in [-0.1, -0.05) is 0 Å². The van der Waals surface area contributed by atoms with Crippen LogP contribution in [0.3, 0.4) is 0 Å². The lowest BCUT2D eigenvalue weighted by Crippen LogP contribution is -2.02. The molecular weight excluding hydrogens is 324 g/mol. The number of aromatic carboxylic acids is 1. The number of carboxylic acids is 1. The van der Waals surface area contributed by atoms with E-state index >= 15 is 0 Å². The van der Waals surface area contributed by atoms with Gasteiger partial charge in [-0.15, -0.1) is 0 Å². The molecule has 0 bridgehead atoms. The number of ether oxygens (including phenoxy) is 1. The molecule has 0 aliphatic carbocycles. The molecule has 2 aromatic rings. The molecule has 104 valence electrons. The van der Waals surface area contributed by atoms with Crippen LogP contribution in [0.1, 0.15) is 23.0 Å². The van der Waals surface area contributed by atoms with E-state index in [0.29, 0.717) is 17.6 Å². The molecule has 0 radical (unpaired) electrons. The minimum absolute atomic E-state index is 0.0404. The van der Waals surface area contributed by atoms with E-state index in [9.17, 15) is 9.90 Å². The maximum Gasteiger partial charge on any atom is 0.357 e. The van der Waals surface area contributed by atoms with Gasteiger partial charge in [0.1, 0.15) is 5.75 Å². The van der Waals surface area contributed by atoms with Gasteiger partial charge in [-0.3, -0.25) is 4.68 Å². The second-order valence-corrected chi connectivity index (χ2v) is 5.35. The Kier molecular flexibility index (Phi) is 3.25. The summed E-state index contributed by atoms with van der Waals surface area (Å²) in [5.41, 5.74) is 2.93. The maximum absolute atomic E-state index is 11.2. The molecular formula is C14H13BrN2O3. The van der Waals surface area contributed by atoms with Gasteiger partial charge in [0.2, 0.25) is 0 Å². The number of rotatable bonds is 3. The first-order valence-electron chi connectivity index (χ1n) is 6.37. The Labute approximate surface area is 124 Å². The molecule has 0 atom stereocenters. The topological polar surface area (TPSA) is 64.4 Å². The van der Waals surface area contributed by atoms with Crippen LogP contribution >= 0.6 is 15.9 Å². The van der Waals surface area contributed by atoms with Crippen molar-refractivity contribution >= 4 is 21.9 Å². The molecule has 1 aliphatic rings. The lowest BCUT2D eigenvalue weighted by atomic mass is 10.1. The number of carbonyl (C=O) groups is 1. The van der Waals surface area contributed by atoms with E-state index in [1.165, 1.54) is 0 Å². The minimum Gasteiger partial charge on any atom is -0.493 e. The molecule has 0 unspecified atom stereocenters. The summed E-state index contributed by atoms with van der Waals surface area (Å²) in [6.45, 7) is 3.24. The fraction of sp³-hybridized carbons (Fsp3) is 0.286. The van der Waals surface area contributed by atoms with Crippen molar-refractivity contribution in [2.45, 2.75) is 19.9 Å². The fourth-order valence-electron chi connectivity index (χ4n) is 2.42. The van der Waals surface area contributed by atoms with Crippen LogP contribution in [0.4, 0.5) is 0 Å². The van der Waals surface area contributed by atoms with E-state index in [2.05, 4.69) is 21.0 Å². The average molecular weight is 337 g/mol. The molecule has 0 fully saturated rings. The van der Waals surface area contributed by atoms with Crippen LogP contribution < -0.4 is 4.74 Å². The third kappa shape index (κ3) is 2.00. The number of halogens is 1. The van der Waals surface area contributed by atoms with Gasteiger partial charge >= 0.3 is 5.97 Å². The number of hydrogen-bond acceptors (Lipinski definition) is 3. The maximum atomic E-state index is 11.2. The molecule has 0 spiro atoms. The van der Waals surface area contributed by atoms with Crippen molar-refractivity contribution in [1.29, 1.82) is 0 Å². The van der Waals surface area contributed by atoms with E-state index in [1.807, 2.05) is 25.1 Å². The SMILES string of the molecule is CCn1nc(C(=O)O)c(Br)c1-c1ccc2c(c1)CCO2. The number of fused-ring (bicyclic) bond motifs is 1. The highest BCUT2D eigenvalue weighted by atomic mass is 79.9. The van der Waals surface area contributed by atoms with E-state index < -0.39 is 5.97 Å². The number of hydrogen-bond donors (Lipinski definition) is 1. The summed E-state index contributed by atoms with van der Waals surface area (Å²) in [7, 11) is 0. The first-order chi connectivity index (χ1) is 9.61. The Hall–Kier alpha value is -1.82. The highest BCUT2D eigenvalue weighted by Gasteiger charge is 2.22. The monoisotopic (exact) mass is 336 g/mol. The fourth-order valence-corrected chi connectivity index (χ4v) is 3.10. The Morgan fingerprint density at radius 1 is 1.55 bits per heavy atom. The molecule has 0 saturated carbocycles.